The molecule has 1 aliphatic heterocycles. The first kappa shape index (κ1) is 12.2. The number of likely N-dealkylation sites (N-methyl/N-ethyl adjacent to an activating group) is 1. The maximum Gasteiger partial charge on any atom is 0.335 e. The number of nitrogens with zero attached hydrogens (tertiary/aromatic N) is 1. The number of carboxylic acid groups (broad SMARTS) is 1. The third-order valence-electron chi connectivity index (χ3n) is 2.91. The number of nitrogen functional groups attached to an aromatic ring is 1. The molecule has 96 valence electrons. The predicted octanol–water partition coefficient (Wildman–Crippen LogP) is 0.577. The van der Waals surface area contributed by atoms with Crippen molar-refractivity contribution in [2.45, 2.75) is 12.5 Å². The molecular formula is C12H14N2O4. The lowest BCUT2D eigenvalue weighted by Crippen LogP contribution is -2.29. The van der Waals surface area contributed by atoms with Crippen molar-refractivity contribution in [3.63, 3.8) is 0 Å². The average Bonchev–Trinajstić information content (AvgIpc) is 2.63. The number of nitrogens with two attached hydrogens (primary N) is 1. The lowest BCUT2D eigenvalue weighted by molar-refractivity contribution is -0.132. The van der Waals surface area contributed by atoms with Crippen LogP contribution in [-0.4, -0.2) is 41.6 Å². The normalized spacial score (nSPS) is 19.1. The molecule has 1 aromatic carbocycles. The molecule has 1 heterocycles. The Morgan fingerprint density at radius 2 is 2.28 bits per heavy atom. The zero-order chi connectivity index (χ0) is 13.3. The molecule has 0 aromatic heterocycles. The second-order valence-electron chi connectivity index (χ2n) is 4.21. The van der Waals surface area contributed by atoms with E-state index in [1.165, 1.54) is 18.2 Å². The van der Waals surface area contributed by atoms with Crippen LogP contribution in [0.4, 0.5) is 5.69 Å². The van der Waals surface area contributed by atoms with Crippen LogP contribution in [0, 0.1) is 0 Å². The fourth-order valence-corrected chi connectivity index (χ4v) is 1.82. The molecule has 0 aliphatic carbocycles. The minimum Gasteiger partial charge on any atom is -0.478 e. The van der Waals surface area contributed by atoms with E-state index in [0.717, 1.165) is 0 Å². The quantitative estimate of drug-likeness (QED) is 0.765. The molecule has 1 aliphatic rings. The van der Waals surface area contributed by atoms with Crippen LogP contribution in [-0.2, 0) is 4.79 Å². The van der Waals surface area contributed by atoms with Gasteiger partial charge in [0.15, 0.2) is 6.10 Å². The SMILES string of the molecule is CN1CCC(Oc2cc(C(=O)O)ccc2N)C1=O. The van der Waals surface area contributed by atoms with Crippen molar-refractivity contribution in [3.05, 3.63) is 23.8 Å². The Labute approximate surface area is 104 Å². The standard InChI is InChI=1S/C12H14N2O4/c1-14-5-4-9(11(14)15)18-10-6-7(12(16)17)2-3-8(10)13/h2-3,6,9H,4-5,13H2,1H3,(H,16,17). The van der Waals surface area contributed by atoms with Crippen LogP contribution in [0.25, 0.3) is 0 Å². The molecule has 6 nitrogen and oxygen atoms in total. The zero-order valence-electron chi connectivity index (χ0n) is 9.92. The summed E-state index contributed by atoms with van der Waals surface area (Å²) in [6.45, 7) is 0.627. The highest BCUT2D eigenvalue weighted by Gasteiger charge is 2.31. The van der Waals surface area contributed by atoms with Crippen LogP contribution in [0.3, 0.4) is 0 Å². The van der Waals surface area contributed by atoms with E-state index in [4.69, 9.17) is 15.6 Å². The molecule has 1 saturated heterocycles. The van der Waals surface area contributed by atoms with Crippen LogP contribution >= 0.6 is 0 Å². The van der Waals surface area contributed by atoms with Crippen LogP contribution < -0.4 is 10.5 Å². The summed E-state index contributed by atoms with van der Waals surface area (Å²) in [5.41, 5.74) is 6.11. The van der Waals surface area contributed by atoms with Gasteiger partial charge < -0.3 is 20.5 Å². The molecule has 1 aromatic rings. The Bertz CT molecular complexity index is 501. The Morgan fingerprint density at radius 1 is 1.56 bits per heavy atom. The number of hydrogen-bond donors (Lipinski definition) is 2. The van der Waals surface area contributed by atoms with Gasteiger partial charge in [-0.1, -0.05) is 0 Å². The summed E-state index contributed by atoms with van der Waals surface area (Å²) in [5, 5.41) is 8.88. The summed E-state index contributed by atoms with van der Waals surface area (Å²) >= 11 is 0. The number of carbonyl (C=O) groups excluding carboxylic acids is 1. The van der Waals surface area contributed by atoms with Gasteiger partial charge in [0, 0.05) is 20.0 Å². The number of likely N-dealkylation sites (tertiary alicyclic amines) is 1. The maximum absolute atomic E-state index is 11.7. The first-order valence-corrected chi connectivity index (χ1v) is 5.53. The smallest absolute Gasteiger partial charge is 0.335 e. The van der Waals surface area contributed by atoms with E-state index in [2.05, 4.69) is 0 Å². The maximum atomic E-state index is 11.7. The van der Waals surface area contributed by atoms with E-state index >= 15 is 0 Å². The minimum atomic E-state index is -1.06. The van der Waals surface area contributed by atoms with Gasteiger partial charge >= 0.3 is 5.97 Å². The van der Waals surface area contributed by atoms with Crippen molar-refractivity contribution in [1.29, 1.82) is 0 Å². The highest BCUT2D eigenvalue weighted by molar-refractivity contribution is 5.89. The van der Waals surface area contributed by atoms with E-state index in [-0.39, 0.29) is 17.2 Å². The van der Waals surface area contributed by atoms with E-state index in [0.29, 0.717) is 18.7 Å². The lowest BCUT2D eigenvalue weighted by Gasteiger charge is -2.14. The largest absolute Gasteiger partial charge is 0.478 e. The van der Waals surface area contributed by atoms with Gasteiger partial charge in [0.1, 0.15) is 5.75 Å². The van der Waals surface area contributed by atoms with Crippen molar-refractivity contribution in [2.24, 2.45) is 0 Å². The second-order valence-corrected chi connectivity index (χ2v) is 4.21. The summed E-state index contributed by atoms with van der Waals surface area (Å²) in [7, 11) is 1.70. The van der Waals surface area contributed by atoms with Crippen molar-refractivity contribution in [1.82, 2.24) is 4.90 Å². The van der Waals surface area contributed by atoms with E-state index < -0.39 is 12.1 Å². The molecule has 18 heavy (non-hydrogen) atoms. The summed E-state index contributed by atoms with van der Waals surface area (Å²) in [6.07, 6.45) is -0.00662. The highest BCUT2D eigenvalue weighted by Crippen LogP contribution is 2.26. The molecule has 3 N–H and O–H groups in total. The third kappa shape index (κ3) is 2.22. The fraction of sp³-hybridized carbons (Fsp3) is 0.333. The number of rotatable bonds is 3. The predicted molar refractivity (Wildman–Crippen MR) is 64.5 cm³/mol. The number of ether oxygens (including phenoxy) is 1. The summed E-state index contributed by atoms with van der Waals surface area (Å²) in [6, 6.07) is 4.19. The van der Waals surface area contributed by atoms with E-state index in [1.807, 2.05) is 0 Å². The van der Waals surface area contributed by atoms with E-state index in [9.17, 15) is 9.59 Å². The third-order valence-corrected chi connectivity index (χ3v) is 2.91. The molecule has 0 radical (unpaired) electrons. The van der Waals surface area contributed by atoms with Gasteiger partial charge in [-0.25, -0.2) is 4.79 Å². The average molecular weight is 250 g/mol. The monoisotopic (exact) mass is 250 g/mol. The van der Waals surface area contributed by atoms with Crippen molar-refractivity contribution < 1.29 is 19.4 Å². The molecule has 0 saturated carbocycles. The summed E-state index contributed by atoms with van der Waals surface area (Å²) < 4.78 is 5.50. The Hall–Kier alpha value is -2.24. The summed E-state index contributed by atoms with van der Waals surface area (Å²) in [5.74, 6) is -0.937. The number of aromatic carboxylic acids is 1. The molecule has 6 heteroatoms. The van der Waals surface area contributed by atoms with Crippen LogP contribution in [0.1, 0.15) is 16.8 Å². The van der Waals surface area contributed by atoms with E-state index in [1.54, 1.807) is 11.9 Å². The molecular weight excluding hydrogens is 236 g/mol. The number of carboxylic acids is 1. The lowest BCUT2D eigenvalue weighted by atomic mass is 10.2. The van der Waals surface area contributed by atoms with Gasteiger partial charge in [-0.2, -0.15) is 0 Å². The number of carbonyl (C=O) groups is 2. The number of amides is 1. The minimum absolute atomic E-state index is 0.0815. The second kappa shape index (κ2) is 4.56. The van der Waals surface area contributed by atoms with Crippen molar-refractivity contribution in [3.8, 4) is 5.75 Å². The summed E-state index contributed by atoms with van der Waals surface area (Å²) in [4.78, 5) is 24.1. The molecule has 2 rings (SSSR count). The highest BCUT2D eigenvalue weighted by atomic mass is 16.5. The number of hydrogen-bond acceptors (Lipinski definition) is 4. The number of anilines is 1. The van der Waals surface area contributed by atoms with Crippen molar-refractivity contribution in [2.75, 3.05) is 19.3 Å². The van der Waals surface area contributed by atoms with Gasteiger partial charge in [0.25, 0.3) is 5.91 Å². The molecule has 1 unspecified atom stereocenters. The molecule has 1 amide bonds. The molecule has 1 fully saturated rings. The molecule has 1 atom stereocenters. The Kier molecular flexibility index (Phi) is 3.10. The Balaban J connectivity index is 2.21. The fourth-order valence-electron chi connectivity index (χ4n) is 1.82. The van der Waals surface area contributed by atoms with Gasteiger partial charge in [0.2, 0.25) is 0 Å². The van der Waals surface area contributed by atoms with Crippen LogP contribution in [0.15, 0.2) is 18.2 Å². The zero-order valence-corrected chi connectivity index (χ0v) is 9.92. The van der Waals surface area contributed by atoms with Crippen molar-refractivity contribution >= 4 is 17.6 Å². The number of benzene rings is 1. The van der Waals surface area contributed by atoms with Gasteiger partial charge in [-0.3, -0.25) is 4.79 Å². The first-order chi connectivity index (χ1) is 8.49. The van der Waals surface area contributed by atoms with Crippen LogP contribution in [0.5, 0.6) is 5.75 Å². The Morgan fingerprint density at radius 3 is 2.83 bits per heavy atom. The molecule has 0 spiro atoms. The topological polar surface area (TPSA) is 92.9 Å². The van der Waals surface area contributed by atoms with Crippen LogP contribution in [0.2, 0.25) is 0 Å². The first-order valence-electron chi connectivity index (χ1n) is 5.53. The molecule has 0 bridgehead atoms. The van der Waals surface area contributed by atoms with Gasteiger partial charge in [-0.05, 0) is 18.2 Å². The van der Waals surface area contributed by atoms with Gasteiger partial charge in [-0.15, -0.1) is 0 Å². The van der Waals surface area contributed by atoms with Gasteiger partial charge in [0.05, 0.1) is 11.3 Å².